The number of aliphatic carboxylic acids is 1. The van der Waals surface area contributed by atoms with E-state index in [-0.39, 0.29) is 30.9 Å². The molecule has 0 aliphatic heterocycles. The highest BCUT2D eigenvalue weighted by Crippen LogP contribution is 2.18. The number of carbonyl (C=O) groups is 4. The fourth-order valence-electron chi connectivity index (χ4n) is 6.19. The molecule has 9 nitrogen and oxygen atoms in total. The number of amides is 2. The van der Waals surface area contributed by atoms with Crippen molar-refractivity contribution in [2.24, 2.45) is 0 Å². The van der Waals surface area contributed by atoms with Crippen molar-refractivity contribution in [3.63, 3.8) is 0 Å². The predicted molar refractivity (Wildman–Crippen MR) is 199 cm³/mol. The van der Waals surface area contributed by atoms with Gasteiger partial charge in [-0.1, -0.05) is 155 Å². The minimum atomic E-state index is -1.38. The van der Waals surface area contributed by atoms with Crippen molar-refractivity contribution in [3.8, 4) is 0 Å². The Bertz CT molecular complexity index is 807. The van der Waals surface area contributed by atoms with E-state index in [0.717, 1.165) is 51.4 Å². The Hall–Kier alpha value is -2.16. The summed E-state index contributed by atoms with van der Waals surface area (Å²) in [5, 5.41) is 22.5. The number of nitrogens with one attached hydrogen (secondary N) is 2. The monoisotopic (exact) mass is 697 g/mol. The van der Waals surface area contributed by atoms with Gasteiger partial charge in [0, 0.05) is 12.8 Å². The molecule has 0 fully saturated rings. The number of aliphatic hydroxyl groups excluding tert-OH is 1. The summed E-state index contributed by atoms with van der Waals surface area (Å²) in [6, 6.07) is -1.38. The first-order chi connectivity index (χ1) is 23.8. The molecule has 4 N–H and O–H groups in total. The fourth-order valence-corrected chi connectivity index (χ4v) is 6.19. The van der Waals surface area contributed by atoms with E-state index in [1.54, 1.807) is 0 Å². The second-order valence-corrected chi connectivity index (χ2v) is 14.1. The molecule has 0 rings (SSSR count). The van der Waals surface area contributed by atoms with Crippen LogP contribution in [0.25, 0.3) is 0 Å². The number of esters is 1. The quantitative estimate of drug-likeness (QED) is 0.0375. The minimum absolute atomic E-state index is 0.0321. The minimum Gasteiger partial charge on any atom is -0.480 e. The number of aliphatic hydroxyl groups is 1. The normalized spacial score (nSPS) is 12.4. The van der Waals surface area contributed by atoms with Crippen molar-refractivity contribution in [1.29, 1.82) is 0 Å². The van der Waals surface area contributed by atoms with Crippen LogP contribution in [0.3, 0.4) is 0 Å². The van der Waals surface area contributed by atoms with Gasteiger partial charge in [-0.2, -0.15) is 0 Å². The maximum atomic E-state index is 12.6. The zero-order valence-corrected chi connectivity index (χ0v) is 31.7. The lowest BCUT2D eigenvalue weighted by Crippen LogP contribution is -2.47. The second-order valence-electron chi connectivity index (χ2n) is 14.1. The first-order valence-corrected chi connectivity index (χ1v) is 20.4. The van der Waals surface area contributed by atoms with E-state index in [9.17, 15) is 19.2 Å². The topological polar surface area (TPSA) is 142 Å². The highest BCUT2D eigenvalue weighted by Gasteiger charge is 2.19. The van der Waals surface area contributed by atoms with Gasteiger partial charge in [0.05, 0.1) is 13.2 Å². The molecule has 2 atom stereocenters. The summed E-state index contributed by atoms with van der Waals surface area (Å²) in [5.74, 6) is -2.32. The van der Waals surface area contributed by atoms with E-state index in [0.29, 0.717) is 12.8 Å². The molecule has 0 bridgehead atoms. The summed E-state index contributed by atoms with van der Waals surface area (Å²) >= 11 is 0. The molecule has 288 valence electrons. The summed E-state index contributed by atoms with van der Waals surface area (Å²) in [4.78, 5) is 47.3. The largest absolute Gasteiger partial charge is 0.480 e. The summed E-state index contributed by atoms with van der Waals surface area (Å²) in [7, 11) is 0. The third-order valence-corrected chi connectivity index (χ3v) is 9.35. The maximum Gasteiger partial charge on any atom is 0.328 e. The second kappa shape index (κ2) is 35.7. The van der Waals surface area contributed by atoms with Crippen LogP contribution in [-0.2, 0) is 23.9 Å². The number of ether oxygens (including phenoxy) is 1. The van der Waals surface area contributed by atoms with E-state index in [1.807, 2.05) is 0 Å². The molecule has 0 aliphatic carbocycles. The molecule has 0 aromatic heterocycles. The van der Waals surface area contributed by atoms with Gasteiger partial charge in [-0.05, 0) is 38.5 Å². The zero-order chi connectivity index (χ0) is 36.2. The lowest BCUT2D eigenvalue weighted by atomic mass is 10.0. The van der Waals surface area contributed by atoms with Crippen molar-refractivity contribution >= 4 is 23.8 Å². The first kappa shape index (κ1) is 46.8. The standard InChI is InChI=1S/C40H76N2O7/c1-3-5-7-9-10-11-12-13-14-15-16-17-18-19-20-22-28-32-39(46)49-35(29-25-21-8-6-4-2)30-26-23-24-27-31-37(44)41-33-38(45)42-36(34-43)40(47)48/h35-36,43H,3-34H2,1-2H3,(H,41,44)(H,42,45)(H,47,48). The molecule has 0 heterocycles. The smallest absolute Gasteiger partial charge is 0.328 e. The van der Waals surface area contributed by atoms with Gasteiger partial charge in [-0.15, -0.1) is 0 Å². The Morgan fingerprint density at radius 2 is 0.918 bits per heavy atom. The molecule has 49 heavy (non-hydrogen) atoms. The van der Waals surface area contributed by atoms with Crippen LogP contribution in [0.2, 0.25) is 0 Å². The van der Waals surface area contributed by atoms with Gasteiger partial charge in [-0.3, -0.25) is 14.4 Å². The van der Waals surface area contributed by atoms with Crippen LogP contribution in [0.15, 0.2) is 0 Å². The Kier molecular flexibility index (Phi) is 34.1. The number of hydrogen-bond acceptors (Lipinski definition) is 6. The van der Waals surface area contributed by atoms with Gasteiger partial charge in [0.15, 0.2) is 0 Å². The zero-order valence-electron chi connectivity index (χ0n) is 31.7. The third-order valence-electron chi connectivity index (χ3n) is 9.35. The van der Waals surface area contributed by atoms with Crippen molar-refractivity contribution < 1.29 is 34.1 Å². The van der Waals surface area contributed by atoms with Gasteiger partial charge in [0.2, 0.25) is 11.8 Å². The van der Waals surface area contributed by atoms with Gasteiger partial charge < -0.3 is 25.6 Å². The lowest BCUT2D eigenvalue weighted by molar-refractivity contribution is -0.150. The van der Waals surface area contributed by atoms with Gasteiger partial charge in [0.25, 0.3) is 0 Å². The molecule has 0 aromatic rings. The van der Waals surface area contributed by atoms with E-state index in [1.165, 1.54) is 122 Å². The van der Waals surface area contributed by atoms with Gasteiger partial charge >= 0.3 is 11.9 Å². The number of carboxylic acid groups (broad SMARTS) is 1. The summed E-state index contributed by atoms with van der Waals surface area (Å²) in [6.45, 7) is 3.44. The van der Waals surface area contributed by atoms with Crippen LogP contribution in [0.1, 0.15) is 206 Å². The number of rotatable bonds is 37. The van der Waals surface area contributed by atoms with Gasteiger partial charge in [0.1, 0.15) is 12.1 Å². The molecule has 0 saturated carbocycles. The van der Waals surface area contributed by atoms with E-state index < -0.39 is 24.5 Å². The summed E-state index contributed by atoms with van der Waals surface area (Å²) < 4.78 is 5.94. The van der Waals surface area contributed by atoms with Crippen LogP contribution in [-0.4, -0.2) is 59.3 Å². The molecule has 0 aliphatic rings. The molecule has 9 heteroatoms. The third kappa shape index (κ3) is 32.8. The average molecular weight is 697 g/mol. The SMILES string of the molecule is CCCCCCCCCCCCCCCCCCCC(=O)OC(CCCCCCC)CCCCCCC(=O)NCC(=O)NC(CO)C(=O)O. The fraction of sp³-hybridized carbons (Fsp3) is 0.900. The molecule has 2 amide bonds. The number of unbranched alkanes of at least 4 members (excludes halogenated alkanes) is 23. The average Bonchev–Trinajstić information content (AvgIpc) is 3.08. The first-order valence-electron chi connectivity index (χ1n) is 20.4. The molecular formula is C40H76N2O7. The Balaban J connectivity index is 4.01. The van der Waals surface area contributed by atoms with Crippen molar-refractivity contribution in [2.75, 3.05) is 13.2 Å². The summed E-state index contributed by atoms with van der Waals surface area (Å²) in [6.07, 6.45) is 34.3. The number of carbonyl (C=O) groups excluding carboxylic acids is 3. The van der Waals surface area contributed by atoms with Crippen molar-refractivity contribution in [1.82, 2.24) is 10.6 Å². The van der Waals surface area contributed by atoms with E-state index in [4.69, 9.17) is 14.9 Å². The van der Waals surface area contributed by atoms with Crippen molar-refractivity contribution in [2.45, 2.75) is 219 Å². The molecule has 0 radical (unpaired) electrons. The van der Waals surface area contributed by atoms with Gasteiger partial charge in [-0.25, -0.2) is 4.79 Å². The van der Waals surface area contributed by atoms with E-state index in [2.05, 4.69) is 24.5 Å². The molecule has 2 unspecified atom stereocenters. The molecular weight excluding hydrogens is 620 g/mol. The number of carboxylic acids is 1. The predicted octanol–water partition coefficient (Wildman–Crippen LogP) is 9.32. The highest BCUT2D eigenvalue weighted by atomic mass is 16.5. The molecule has 0 spiro atoms. The van der Waals surface area contributed by atoms with Crippen LogP contribution in [0.4, 0.5) is 0 Å². The van der Waals surface area contributed by atoms with Crippen LogP contribution in [0.5, 0.6) is 0 Å². The summed E-state index contributed by atoms with van der Waals surface area (Å²) in [5.41, 5.74) is 0. The Labute approximate surface area is 299 Å². The number of hydrogen-bond donors (Lipinski definition) is 4. The Morgan fingerprint density at radius 3 is 1.33 bits per heavy atom. The highest BCUT2D eigenvalue weighted by molar-refractivity contribution is 5.87. The molecule has 0 aromatic carbocycles. The Morgan fingerprint density at radius 1 is 0.531 bits per heavy atom. The van der Waals surface area contributed by atoms with Crippen LogP contribution < -0.4 is 10.6 Å². The lowest BCUT2D eigenvalue weighted by Gasteiger charge is -2.18. The van der Waals surface area contributed by atoms with E-state index >= 15 is 0 Å². The maximum absolute atomic E-state index is 12.6. The van der Waals surface area contributed by atoms with Crippen LogP contribution >= 0.6 is 0 Å². The molecule has 0 saturated heterocycles. The van der Waals surface area contributed by atoms with Crippen LogP contribution in [0, 0.1) is 0 Å². The van der Waals surface area contributed by atoms with Crippen molar-refractivity contribution in [3.05, 3.63) is 0 Å².